The first-order chi connectivity index (χ1) is 8.56. The van der Waals surface area contributed by atoms with Gasteiger partial charge in [0, 0.05) is 38.6 Å². The third kappa shape index (κ3) is 2.68. The number of anilines is 1. The fourth-order valence-corrected chi connectivity index (χ4v) is 1.53. The van der Waals surface area contributed by atoms with E-state index >= 15 is 0 Å². The Morgan fingerprint density at radius 1 is 1.22 bits per heavy atom. The Hall–Kier alpha value is -2.30. The molecule has 0 aliphatic rings. The molecule has 5 nitrogen and oxygen atoms in total. The van der Waals surface area contributed by atoms with Crippen LogP contribution in [-0.4, -0.2) is 34.8 Å². The van der Waals surface area contributed by atoms with Crippen molar-refractivity contribution >= 4 is 11.7 Å². The van der Waals surface area contributed by atoms with Gasteiger partial charge in [-0.25, -0.2) is 4.79 Å². The average Bonchev–Trinajstić information content (AvgIpc) is 2.76. The fourth-order valence-electron chi connectivity index (χ4n) is 1.53. The third-order valence-corrected chi connectivity index (χ3v) is 2.55. The summed E-state index contributed by atoms with van der Waals surface area (Å²) in [5.74, 6) is 0. The van der Waals surface area contributed by atoms with E-state index in [1.807, 2.05) is 43.6 Å². The van der Waals surface area contributed by atoms with E-state index in [2.05, 4.69) is 10.4 Å². The molecule has 2 rings (SSSR count). The Balaban J connectivity index is 2.13. The summed E-state index contributed by atoms with van der Waals surface area (Å²) in [6.07, 6.45) is 1.90. The molecular weight excluding hydrogens is 228 g/mol. The largest absolute Gasteiger partial charge is 0.331 e. The van der Waals surface area contributed by atoms with Crippen molar-refractivity contribution in [1.82, 2.24) is 14.7 Å². The van der Waals surface area contributed by atoms with Crippen LogP contribution in [0, 0.1) is 0 Å². The van der Waals surface area contributed by atoms with Crippen molar-refractivity contribution in [1.29, 1.82) is 0 Å². The lowest BCUT2D eigenvalue weighted by Gasteiger charge is -2.11. The molecule has 2 aromatic rings. The molecule has 0 saturated carbocycles. The van der Waals surface area contributed by atoms with Crippen LogP contribution in [0.25, 0.3) is 11.3 Å². The number of nitrogens with one attached hydrogen (secondary N) is 1. The second-order valence-corrected chi connectivity index (χ2v) is 4.28. The van der Waals surface area contributed by atoms with Crippen LogP contribution in [0.1, 0.15) is 0 Å². The number of amides is 2. The number of hydrogen-bond donors (Lipinski definition) is 1. The molecule has 0 unspecified atom stereocenters. The molecule has 0 spiro atoms. The maximum absolute atomic E-state index is 11.5. The SMILES string of the molecule is CN(C)C(=O)Nc1ccc(-c2ccn(C)n2)cc1. The van der Waals surface area contributed by atoms with Gasteiger partial charge in [0.15, 0.2) is 0 Å². The summed E-state index contributed by atoms with van der Waals surface area (Å²) >= 11 is 0. The average molecular weight is 244 g/mol. The highest BCUT2D eigenvalue weighted by molar-refractivity contribution is 5.89. The number of carbonyl (C=O) groups excluding carboxylic acids is 1. The first-order valence-corrected chi connectivity index (χ1v) is 5.64. The van der Waals surface area contributed by atoms with Gasteiger partial charge in [0.2, 0.25) is 0 Å². The Morgan fingerprint density at radius 3 is 2.39 bits per heavy atom. The van der Waals surface area contributed by atoms with Crippen LogP contribution in [0.2, 0.25) is 0 Å². The summed E-state index contributed by atoms with van der Waals surface area (Å²) in [5.41, 5.74) is 2.72. The van der Waals surface area contributed by atoms with Gasteiger partial charge in [-0.15, -0.1) is 0 Å². The molecule has 94 valence electrons. The van der Waals surface area contributed by atoms with E-state index in [1.54, 1.807) is 18.8 Å². The zero-order chi connectivity index (χ0) is 13.1. The monoisotopic (exact) mass is 244 g/mol. The minimum Gasteiger partial charge on any atom is -0.331 e. The van der Waals surface area contributed by atoms with Gasteiger partial charge in [0.25, 0.3) is 0 Å². The topological polar surface area (TPSA) is 50.2 Å². The number of aryl methyl sites for hydroxylation is 1. The van der Waals surface area contributed by atoms with Crippen molar-refractivity contribution < 1.29 is 4.79 Å². The van der Waals surface area contributed by atoms with Crippen molar-refractivity contribution in [2.75, 3.05) is 19.4 Å². The van der Waals surface area contributed by atoms with Gasteiger partial charge in [-0.1, -0.05) is 12.1 Å². The maximum atomic E-state index is 11.5. The van der Waals surface area contributed by atoms with Crippen LogP contribution in [-0.2, 0) is 7.05 Å². The van der Waals surface area contributed by atoms with Crippen LogP contribution >= 0.6 is 0 Å². The maximum Gasteiger partial charge on any atom is 0.321 e. The molecule has 1 heterocycles. The molecule has 0 radical (unpaired) electrons. The zero-order valence-corrected chi connectivity index (χ0v) is 10.7. The van der Waals surface area contributed by atoms with Crippen LogP contribution in [0.4, 0.5) is 10.5 Å². The van der Waals surface area contributed by atoms with Crippen molar-refractivity contribution in [2.45, 2.75) is 0 Å². The summed E-state index contributed by atoms with van der Waals surface area (Å²) < 4.78 is 1.76. The Bertz CT molecular complexity index is 542. The molecular formula is C13H16N4O. The molecule has 0 bridgehead atoms. The summed E-state index contributed by atoms with van der Waals surface area (Å²) in [4.78, 5) is 13.0. The van der Waals surface area contributed by atoms with E-state index < -0.39 is 0 Å². The van der Waals surface area contributed by atoms with Crippen molar-refractivity contribution in [2.24, 2.45) is 7.05 Å². The molecule has 1 N–H and O–H groups in total. The molecule has 2 amide bonds. The third-order valence-electron chi connectivity index (χ3n) is 2.55. The number of urea groups is 1. The standard InChI is InChI=1S/C13H16N4O/c1-16(2)13(18)14-11-6-4-10(5-7-11)12-8-9-17(3)15-12/h4-9H,1-3H3,(H,14,18). The first-order valence-electron chi connectivity index (χ1n) is 5.64. The van der Waals surface area contributed by atoms with Gasteiger partial charge in [-0.05, 0) is 18.2 Å². The molecule has 18 heavy (non-hydrogen) atoms. The van der Waals surface area contributed by atoms with E-state index in [0.29, 0.717) is 0 Å². The number of nitrogens with zero attached hydrogens (tertiary/aromatic N) is 3. The number of carbonyl (C=O) groups is 1. The van der Waals surface area contributed by atoms with Crippen LogP contribution < -0.4 is 5.32 Å². The second kappa shape index (κ2) is 4.91. The van der Waals surface area contributed by atoms with E-state index in [1.165, 1.54) is 4.90 Å². The number of aromatic nitrogens is 2. The number of rotatable bonds is 2. The molecule has 0 atom stereocenters. The quantitative estimate of drug-likeness (QED) is 0.880. The Labute approximate surface area is 106 Å². The van der Waals surface area contributed by atoms with Crippen LogP contribution in [0.5, 0.6) is 0 Å². The van der Waals surface area contributed by atoms with Gasteiger partial charge >= 0.3 is 6.03 Å². The smallest absolute Gasteiger partial charge is 0.321 e. The van der Waals surface area contributed by atoms with E-state index in [0.717, 1.165) is 16.9 Å². The molecule has 0 aliphatic carbocycles. The Morgan fingerprint density at radius 2 is 1.89 bits per heavy atom. The van der Waals surface area contributed by atoms with Gasteiger partial charge in [0.05, 0.1) is 5.69 Å². The van der Waals surface area contributed by atoms with Gasteiger partial charge < -0.3 is 10.2 Å². The minimum absolute atomic E-state index is 0.138. The predicted molar refractivity (Wildman–Crippen MR) is 71.3 cm³/mol. The van der Waals surface area contributed by atoms with Crippen molar-refractivity contribution in [3.63, 3.8) is 0 Å². The van der Waals surface area contributed by atoms with Gasteiger partial charge in [0.1, 0.15) is 0 Å². The molecule has 0 saturated heterocycles. The predicted octanol–water partition coefficient (Wildman–Crippen LogP) is 2.18. The van der Waals surface area contributed by atoms with E-state index in [9.17, 15) is 4.79 Å². The zero-order valence-electron chi connectivity index (χ0n) is 10.7. The highest BCUT2D eigenvalue weighted by atomic mass is 16.2. The molecule has 0 aliphatic heterocycles. The Kier molecular flexibility index (Phi) is 3.32. The summed E-state index contributed by atoms with van der Waals surface area (Å²) in [6, 6.07) is 9.42. The lowest BCUT2D eigenvalue weighted by Crippen LogP contribution is -2.27. The van der Waals surface area contributed by atoms with E-state index in [-0.39, 0.29) is 6.03 Å². The normalized spacial score (nSPS) is 10.2. The van der Waals surface area contributed by atoms with Crippen molar-refractivity contribution in [3.05, 3.63) is 36.5 Å². The van der Waals surface area contributed by atoms with Crippen LogP contribution in [0.3, 0.4) is 0 Å². The molecule has 0 fully saturated rings. The van der Waals surface area contributed by atoms with Crippen LogP contribution in [0.15, 0.2) is 36.5 Å². The highest BCUT2D eigenvalue weighted by Crippen LogP contribution is 2.19. The van der Waals surface area contributed by atoms with E-state index in [4.69, 9.17) is 0 Å². The molecule has 1 aromatic heterocycles. The van der Waals surface area contributed by atoms with Crippen molar-refractivity contribution in [3.8, 4) is 11.3 Å². The summed E-state index contributed by atoms with van der Waals surface area (Å²) in [5, 5.41) is 7.11. The number of benzene rings is 1. The minimum atomic E-state index is -0.138. The molecule has 5 heteroatoms. The lowest BCUT2D eigenvalue weighted by molar-refractivity contribution is 0.230. The van der Waals surface area contributed by atoms with Gasteiger partial charge in [-0.3, -0.25) is 4.68 Å². The second-order valence-electron chi connectivity index (χ2n) is 4.28. The van der Waals surface area contributed by atoms with Gasteiger partial charge in [-0.2, -0.15) is 5.10 Å². The number of hydrogen-bond acceptors (Lipinski definition) is 2. The lowest BCUT2D eigenvalue weighted by atomic mass is 10.1. The fraction of sp³-hybridized carbons (Fsp3) is 0.231. The highest BCUT2D eigenvalue weighted by Gasteiger charge is 2.05. The first kappa shape index (κ1) is 12.2. The molecule has 1 aromatic carbocycles. The summed E-state index contributed by atoms with van der Waals surface area (Å²) in [7, 11) is 5.30. The summed E-state index contributed by atoms with van der Waals surface area (Å²) in [6.45, 7) is 0.